The number of hydrogen-bond acceptors (Lipinski definition) is 3. The van der Waals surface area contributed by atoms with Crippen LogP contribution < -0.4 is 10.6 Å². The van der Waals surface area contributed by atoms with Gasteiger partial charge in [0.05, 0.1) is 6.54 Å². The third-order valence-corrected chi connectivity index (χ3v) is 3.78. The summed E-state index contributed by atoms with van der Waals surface area (Å²) in [7, 11) is 0. The Morgan fingerprint density at radius 3 is 2.61 bits per heavy atom. The van der Waals surface area contributed by atoms with Crippen molar-refractivity contribution in [2.24, 2.45) is 5.92 Å². The summed E-state index contributed by atoms with van der Waals surface area (Å²) in [5.41, 5.74) is 0. The van der Waals surface area contributed by atoms with Crippen LogP contribution in [0.4, 0.5) is 0 Å². The van der Waals surface area contributed by atoms with Gasteiger partial charge in [-0.3, -0.25) is 4.79 Å². The van der Waals surface area contributed by atoms with Crippen LogP contribution in [0.5, 0.6) is 0 Å². The summed E-state index contributed by atoms with van der Waals surface area (Å²) in [6, 6.07) is 0.479. The monoisotopic (exact) mass is 254 g/mol. The van der Waals surface area contributed by atoms with Gasteiger partial charge in [0.2, 0.25) is 5.91 Å². The maximum atomic E-state index is 11.4. The largest absolute Gasteiger partial charge is 0.381 e. The van der Waals surface area contributed by atoms with Crippen LogP contribution >= 0.6 is 0 Å². The molecular weight excluding hydrogens is 228 g/mol. The summed E-state index contributed by atoms with van der Waals surface area (Å²) >= 11 is 0. The molecule has 0 spiro atoms. The van der Waals surface area contributed by atoms with Gasteiger partial charge in [0.1, 0.15) is 0 Å². The van der Waals surface area contributed by atoms with Crippen molar-refractivity contribution in [2.75, 3.05) is 26.3 Å². The average molecular weight is 254 g/mol. The van der Waals surface area contributed by atoms with Crippen molar-refractivity contribution in [2.45, 2.75) is 51.0 Å². The average Bonchev–Trinajstić information content (AvgIpc) is 3.19. The molecule has 1 amide bonds. The summed E-state index contributed by atoms with van der Waals surface area (Å²) < 4.78 is 5.35. The first-order chi connectivity index (χ1) is 8.84. The second-order valence-electron chi connectivity index (χ2n) is 5.57. The molecule has 0 aromatic carbocycles. The molecule has 0 aromatic heterocycles. The second kappa shape index (κ2) is 7.74. The number of hydrogen-bond donors (Lipinski definition) is 2. The number of carbonyl (C=O) groups is 1. The number of carbonyl (C=O) groups excluding carboxylic acids is 1. The van der Waals surface area contributed by atoms with E-state index in [9.17, 15) is 4.79 Å². The Balaban J connectivity index is 1.37. The molecule has 1 saturated heterocycles. The van der Waals surface area contributed by atoms with E-state index in [4.69, 9.17) is 4.74 Å². The van der Waals surface area contributed by atoms with Crippen LogP contribution in [-0.2, 0) is 9.53 Å². The molecule has 0 unspecified atom stereocenters. The number of nitrogens with one attached hydrogen (secondary N) is 2. The van der Waals surface area contributed by atoms with Crippen molar-refractivity contribution in [3.05, 3.63) is 0 Å². The summed E-state index contributed by atoms with van der Waals surface area (Å²) in [6.45, 7) is 3.34. The number of amides is 1. The molecule has 1 aliphatic heterocycles. The minimum absolute atomic E-state index is 0.155. The zero-order valence-electron chi connectivity index (χ0n) is 11.2. The van der Waals surface area contributed by atoms with Gasteiger partial charge in [0.25, 0.3) is 0 Å². The smallest absolute Gasteiger partial charge is 0.234 e. The third kappa shape index (κ3) is 5.83. The Labute approximate surface area is 110 Å². The lowest BCUT2D eigenvalue weighted by Crippen LogP contribution is -2.35. The van der Waals surface area contributed by atoms with Gasteiger partial charge in [-0.25, -0.2) is 0 Å². The molecule has 0 bridgehead atoms. The van der Waals surface area contributed by atoms with Crippen molar-refractivity contribution in [1.82, 2.24) is 10.6 Å². The third-order valence-electron chi connectivity index (χ3n) is 3.78. The molecule has 2 rings (SSSR count). The van der Waals surface area contributed by atoms with Crippen molar-refractivity contribution in [1.29, 1.82) is 0 Å². The van der Waals surface area contributed by atoms with E-state index in [2.05, 4.69) is 10.6 Å². The predicted molar refractivity (Wildman–Crippen MR) is 71.4 cm³/mol. The van der Waals surface area contributed by atoms with Crippen molar-refractivity contribution in [3.63, 3.8) is 0 Å². The van der Waals surface area contributed by atoms with E-state index in [0.29, 0.717) is 12.6 Å². The van der Waals surface area contributed by atoms with Gasteiger partial charge in [0.15, 0.2) is 0 Å². The van der Waals surface area contributed by atoms with Crippen LogP contribution in [0.2, 0.25) is 0 Å². The van der Waals surface area contributed by atoms with Crippen LogP contribution in [0, 0.1) is 5.92 Å². The van der Waals surface area contributed by atoms with Gasteiger partial charge < -0.3 is 15.4 Å². The molecule has 2 N–H and O–H groups in total. The Kier molecular flexibility index (Phi) is 5.94. The fourth-order valence-electron chi connectivity index (χ4n) is 2.43. The van der Waals surface area contributed by atoms with Gasteiger partial charge in [0, 0.05) is 19.3 Å². The van der Waals surface area contributed by atoms with Gasteiger partial charge >= 0.3 is 0 Å². The molecule has 104 valence electrons. The fourth-order valence-corrected chi connectivity index (χ4v) is 2.43. The molecule has 0 aromatic rings. The summed E-state index contributed by atoms with van der Waals surface area (Å²) in [5.74, 6) is 1.03. The Morgan fingerprint density at radius 2 is 1.89 bits per heavy atom. The summed E-state index contributed by atoms with van der Waals surface area (Å²) in [4.78, 5) is 11.4. The van der Waals surface area contributed by atoms with E-state index in [1.54, 1.807) is 0 Å². The van der Waals surface area contributed by atoms with E-state index >= 15 is 0 Å². The lowest BCUT2D eigenvalue weighted by Gasteiger charge is -2.21. The first-order valence-electron chi connectivity index (χ1n) is 7.42. The van der Waals surface area contributed by atoms with Crippen LogP contribution in [0.3, 0.4) is 0 Å². The zero-order valence-corrected chi connectivity index (χ0v) is 11.2. The second-order valence-corrected chi connectivity index (χ2v) is 5.57. The lowest BCUT2D eigenvalue weighted by molar-refractivity contribution is -0.120. The van der Waals surface area contributed by atoms with E-state index in [-0.39, 0.29) is 5.91 Å². The molecule has 0 radical (unpaired) electrons. The molecule has 1 heterocycles. The lowest BCUT2D eigenvalue weighted by atomic mass is 9.94. The predicted octanol–water partition coefficient (Wildman–Crippen LogP) is 1.45. The summed E-state index contributed by atoms with van der Waals surface area (Å²) in [5, 5.41) is 6.20. The van der Waals surface area contributed by atoms with Crippen molar-refractivity contribution in [3.8, 4) is 0 Å². The Bertz CT molecular complexity index is 248. The van der Waals surface area contributed by atoms with Crippen LogP contribution in [0.25, 0.3) is 0 Å². The highest BCUT2D eigenvalue weighted by molar-refractivity contribution is 5.78. The maximum Gasteiger partial charge on any atom is 0.234 e. The first-order valence-corrected chi connectivity index (χ1v) is 7.42. The number of unbranched alkanes of at least 4 members (excludes halogenated alkanes) is 1. The zero-order chi connectivity index (χ0) is 12.6. The molecule has 4 heteroatoms. The minimum atomic E-state index is 0.155. The molecule has 2 fully saturated rings. The van der Waals surface area contributed by atoms with Crippen LogP contribution in [-0.4, -0.2) is 38.3 Å². The number of rotatable bonds is 8. The van der Waals surface area contributed by atoms with E-state index in [1.807, 2.05) is 0 Å². The van der Waals surface area contributed by atoms with E-state index in [1.165, 1.54) is 32.1 Å². The number of ether oxygens (including phenoxy) is 1. The first kappa shape index (κ1) is 13.8. The molecule has 1 saturated carbocycles. The highest BCUT2D eigenvalue weighted by atomic mass is 16.5. The maximum absolute atomic E-state index is 11.4. The topological polar surface area (TPSA) is 50.4 Å². The summed E-state index contributed by atoms with van der Waals surface area (Å²) in [6.07, 6.45) is 8.55. The molecule has 1 aliphatic carbocycles. The molecule has 0 atom stereocenters. The van der Waals surface area contributed by atoms with Crippen molar-refractivity contribution < 1.29 is 9.53 Å². The molecular formula is C14H26N2O2. The highest BCUT2D eigenvalue weighted by Gasteiger charge is 2.22. The van der Waals surface area contributed by atoms with E-state index in [0.717, 1.165) is 38.5 Å². The van der Waals surface area contributed by atoms with Gasteiger partial charge in [-0.1, -0.05) is 12.8 Å². The Morgan fingerprint density at radius 1 is 1.11 bits per heavy atom. The molecule has 2 aliphatic rings. The van der Waals surface area contributed by atoms with Gasteiger partial charge in [-0.2, -0.15) is 0 Å². The van der Waals surface area contributed by atoms with Gasteiger partial charge in [-0.05, 0) is 44.6 Å². The van der Waals surface area contributed by atoms with Crippen LogP contribution in [0.1, 0.15) is 44.9 Å². The quantitative estimate of drug-likeness (QED) is 0.645. The van der Waals surface area contributed by atoms with E-state index < -0.39 is 0 Å². The fraction of sp³-hybridized carbons (Fsp3) is 0.929. The normalized spacial score (nSPS) is 20.9. The SMILES string of the molecule is O=C(CNCCCCC1CCOCC1)NC1CC1. The molecule has 18 heavy (non-hydrogen) atoms. The standard InChI is InChI=1S/C14H26N2O2/c17-14(16-13-4-5-13)11-15-8-2-1-3-12-6-9-18-10-7-12/h12-13,15H,1-11H2,(H,16,17). The highest BCUT2D eigenvalue weighted by Crippen LogP contribution is 2.20. The Hall–Kier alpha value is -0.610. The van der Waals surface area contributed by atoms with Gasteiger partial charge in [-0.15, -0.1) is 0 Å². The molecule has 4 nitrogen and oxygen atoms in total. The minimum Gasteiger partial charge on any atom is -0.381 e. The van der Waals surface area contributed by atoms with Crippen LogP contribution in [0.15, 0.2) is 0 Å². The van der Waals surface area contributed by atoms with Crippen molar-refractivity contribution >= 4 is 5.91 Å².